The topological polar surface area (TPSA) is 49.8 Å². The summed E-state index contributed by atoms with van der Waals surface area (Å²) in [5.41, 5.74) is 2.99. The molecule has 0 spiro atoms. The Bertz CT molecular complexity index is 823. The summed E-state index contributed by atoms with van der Waals surface area (Å²) >= 11 is 12.1. The van der Waals surface area contributed by atoms with E-state index in [1.165, 1.54) is 0 Å². The van der Waals surface area contributed by atoms with Gasteiger partial charge in [0.25, 0.3) is 0 Å². The normalized spacial score (nSPS) is 10.9. The van der Waals surface area contributed by atoms with E-state index >= 15 is 0 Å². The van der Waals surface area contributed by atoms with E-state index in [2.05, 4.69) is 20.6 Å². The highest BCUT2D eigenvalue weighted by Crippen LogP contribution is 2.24. The van der Waals surface area contributed by atoms with Gasteiger partial charge in [-0.2, -0.15) is 0 Å². The number of nitrogens with zero attached hydrogens (tertiary/aromatic N) is 2. The molecule has 2 aromatic heterocycles. The number of benzene rings is 1. The molecule has 0 unspecified atom stereocenters. The fraction of sp³-hybridized carbons (Fsp3) is 0.222. The summed E-state index contributed by atoms with van der Waals surface area (Å²) in [5.74, 6) is 0. The molecule has 1 aromatic carbocycles. The Balaban J connectivity index is 1.46. The summed E-state index contributed by atoms with van der Waals surface area (Å²) in [4.78, 5) is 8.43. The minimum absolute atomic E-state index is 0.699. The summed E-state index contributed by atoms with van der Waals surface area (Å²) in [6.07, 6.45) is 6.28. The van der Waals surface area contributed by atoms with Crippen LogP contribution in [0.1, 0.15) is 12.0 Å². The van der Waals surface area contributed by atoms with Crippen LogP contribution in [0.4, 0.5) is 5.69 Å². The highest BCUT2D eigenvalue weighted by atomic mass is 35.5. The highest BCUT2D eigenvalue weighted by Gasteiger charge is 2.02. The van der Waals surface area contributed by atoms with Gasteiger partial charge in [0.2, 0.25) is 0 Å². The van der Waals surface area contributed by atoms with Crippen molar-refractivity contribution < 1.29 is 0 Å². The second-order valence-electron chi connectivity index (χ2n) is 5.44. The molecule has 0 atom stereocenters. The van der Waals surface area contributed by atoms with Crippen molar-refractivity contribution in [1.29, 1.82) is 0 Å². The Hall–Kier alpha value is -1.88. The first kappa shape index (κ1) is 17.0. The maximum absolute atomic E-state index is 6.10. The zero-order valence-corrected chi connectivity index (χ0v) is 14.6. The van der Waals surface area contributed by atoms with Gasteiger partial charge < -0.3 is 10.6 Å². The van der Waals surface area contributed by atoms with E-state index in [1.807, 2.05) is 24.3 Å². The molecule has 0 aliphatic carbocycles. The third-order valence-electron chi connectivity index (χ3n) is 3.71. The van der Waals surface area contributed by atoms with Gasteiger partial charge in [0.1, 0.15) is 0 Å². The Labute approximate surface area is 151 Å². The van der Waals surface area contributed by atoms with E-state index < -0.39 is 0 Å². The van der Waals surface area contributed by atoms with Crippen molar-refractivity contribution in [1.82, 2.24) is 15.3 Å². The molecule has 0 bridgehead atoms. The molecule has 0 aliphatic heterocycles. The van der Waals surface area contributed by atoms with Crippen LogP contribution in [0.2, 0.25) is 10.0 Å². The molecule has 0 aliphatic rings. The summed E-state index contributed by atoms with van der Waals surface area (Å²) in [6, 6.07) is 9.55. The molecule has 4 nitrogen and oxygen atoms in total. The van der Waals surface area contributed by atoms with Gasteiger partial charge in [0, 0.05) is 58.4 Å². The molecule has 0 fully saturated rings. The molecule has 0 saturated heterocycles. The minimum atomic E-state index is 0.699. The Morgan fingerprint density at radius 1 is 1.00 bits per heavy atom. The second kappa shape index (κ2) is 8.29. The Morgan fingerprint density at radius 3 is 2.79 bits per heavy atom. The van der Waals surface area contributed by atoms with Gasteiger partial charge in [-0.1, -0.05) is 23.2 Å². The molecule has 3 rings (SSSR count). The van der Waals surface area contributed by atoms with Crippen LogP contribution in [0.5, 0.6) is 0 Å². The van der Waals surface area contributed by atoms with Gasteiger partial charge in [0.15, 0.2) is 0 Å². The zero-order chi connectivity index (χ0) is 16.8. The van der Waals surface area contributed by atoms with E-state index in [0.29, 0.717) is 5.02 Å². The number of rotatable bonds is 7. The van der Waals surface area contributed by atoms with E-state index in [1.54, 1.807) is 24.7 Å². The van der Waals surface area contributed by atoms with Crippen molar-refractivity contribution >= 4 is 39.8 Å². The van der Waals surface area contributed by atoms with Crippen molar-refractivity contribution in [3.8, 4) is 0 Å². The average molecular weight is 361 g/mol. The second-order valence-corrected chi connectivity index (χ2v) is 6.29. The van der Waals surface area contributed by atoms with Crippen molar-refractivity contribution in [2.75, 3.05) is 18.4 Å². The van der Waals surface area contributed by atoms with Gasteiger partial charge in [-0.25, -0.2) is 0 Å². The lowest BCUT2D eigenvalue weighted by molar-refractivity contribution is 0.662. The fourth-order valence-corrected chi connectivity index (χ4v) is 2.81. The van der Waals surface area contributed by atoms with Crippen molar-refractivity contribution in [3.05, 3.63) is 64.5 Å². The average Bonchev–Trinajstić information content (AvgIpc) is 2.59. The molecule has 3 aromatic rings. The van der Waals surface area contributed by atoms with Gasteiger partial charge in [-0.15, -0.1) is 0 Å². The van der Waals surface area contributed by atoms with Crippen molar-refractivity contribution in [2.24, 2.45) is 0 Å². The number of aromatic nitrogens is 2. The van der Waals surface area contributed by atoms with E-state index in [4.69, 9.17) is 23.2 Å². The number of nitrogens with one attached hydrogen (secondary N) is 2. The lowest BCUT2D eigenvalue weighted by Gasteiger charge is -2.10. The van der Waals surface area contributed by atoms with Gasteiger partial charge in [-0.05, 0) is 43.3 Å². The van der Waals surface area contributed by atoms with Crippen LogP contribution in [-0.4, -0.2) is 23.1 Å². The lowest BCUT2D eigenvalue weighted by atomic mass is 10.2. The van der Waals surface area contributed by atoms with Crippen molar-refractivity contribution in [3.63, 3.8) is 0 Å². The number of anilines is 1. The molecule has 0 radical (unpaired) electrons. The molecule has 2 N–H and O–H groups in total. The third kappa shape index (κ3) is 4.35. The van der Waals surface area contributed by atoms with Crippen LogP contribution in [-0.2, 0) is 6.54 Å². The maximum Gasteiger partial charge on any atom is 0.0737 e. The largest absolute Gasteiger partial charge is 0.384 e. The number of halogens is 2. The van der Waals surface area contributed by atoms with Gasteiger partial charge in [-0.3, -0.25) is 9.97 Å². The molecular formula is C18H18Cl2N4. The lowest BCUT2D eigenvalue weighted by Crippen LogP contribution is -2.18. The third-order valence-corrected chi connectivity index (χ3v) is 4.31. The zero-order valence-electron chi connectivity index (χ0n) is 13.1. The fourth-order valence-electron chi connectivity index (χ4n) is 2.48. The van der Waals surface area contributed by atoms with Crippen molar-refractivity contribution in [2.45, 2.75) is 13.0 Å². The van der Waals surface area contributed by atoms with Crippen LogP contribution in [0, 0.1) is 0 Å². The van der Waals surface area contributed by atoms with Gasteiger partial charge >= 0.3 is 0 Å². The molecule has 24 heavy (non-hydrogen) atoms. The predicted octanol–water partition coefficient (Wildman–Crippen LogP) is 4.53. The first-order chi connectivity index (χ1) is 11.7. The molecule has 0 amide bonds. The monoisotopic (exact) mass is 360 g/mol. The van der Waals surface area contributed by atoms with E-state index in [-0.39, 0.29) is 0 Å². The smallest absolute Gasteiger partial charge is 0.0737 e. The summed E-state index contributed by atoms with van der Waals surface area (Å²) < 4.78 is 0. The maximum atomic E-state index is 6.10. The minimum Gasteiger partial charge on any atom is -0.384 e. The van der Waals surface area contributed by atoms with Gasteiger partial charge in [0.05, 0.1) is 5.52 Å². The standard InChI is InChI=1S/C18H18Cl2N4/c19-14-2-3-15-17(5-9-24-18(15)10-14)23-7-1-6-21-11-13-12-22-8-4-16(13)20/h2-5,8-10,12,21H,1,6-7,11H2,(H,23,24). The van der Waals surface area contributed by atoms with Crippen LogP contribution in [0.3, 0.4) is 0 Å². The predicted molar refractivity (Wildman–Crippen MR) is 101 cm³/mol. The molecule has 2 heterocycles. The number of hydrogen-bond donors (Lipinski definition) is 2. The summed E-state index contributed by atoms with van der Waals surface area (Å²) in [6.45, 7) is 2.49. The Morgan fingerprint density at radius 2 is 1.92 bits per heavy atom. The number of hydrogen-bond acceptors (Lipinski definition) is 4. The highest BCUT2D eigenvalue weighted by molar-refractivity contribution is 6.31. The SMILES string of the molecule is Clc1ccc2c(NCCCNCc3cnccc3Cl)ccnc2c1. The van der Waals surface area contributed by atoms with Crippen LogP contribution in [0.15, 0.2) is 48.9 Å². The quantitative estimate of drug-likeness (QED) is 0.607. The van der Waals surface area contributed by atoms with E-state index in [0.717, 1.165) is 53.2 Å². The Kier molecular flexibility index (Phi) is 5.86. The van der Waals surface area contributed by atoms with Crippen LogP contribution < -0.4 is 10.6 Å². The van der Waals surface area contributed by atoms with Crippen LogP contribution in [0.25, 0.3) is 10.9 Å². The molecule has 0 saturated carbocycles. The summed E-state index contributed by atoms with van der Waals surface area (Å²) in [7, 11) is 0. The van der Waals surface area contributed by atoms with E-state index in [9.17, 15) is 0 Å². The number of pyridine rings is 2. The van der Waals surface area contributed by atoms with Crippen LogP contribution >= 0.6 is 23.2 Å². The summed E-state index contributed by atoms with van der Waals surface area (Å²) in [5, 5.41) is 9.36. The molecular weight excluding hydrogens is 343 g/mol. The first-order valence-corrected chi connectivity index (χ1v) is 8.57. The number of fused-ring (bicyclic) bond motifs is 1. The molecule has 6 heteroatoms. The molecule has 124 valence electrons. The first-order valence-electron chi connectivity index (χ1n) is 7.81.